The van der Waals surface area contributed by atoms with E-state index in [-0.39, 0.29) is 11.4 Å². The summed E-state index contributed by atoms with van der Waals surface area (Å²) in [6, 6.07) is 1.95. The van der Waals surface area contributed by atoms with Crippen molar-refractivity contribution in [1.82, 2.24) is 4.98 Å². The average Bonchev–Trinajstić information content (AvgIpc) is 2.78. The van der Waals surface area contributed by atoms with E-state index < -0.39 is 0 Å². The van der Waals surface area contributed by atoms with Crippen LogP contribution in [-0.2, 0) is 21.3 Å². The molecule has 1 aromatic rings. The van der Waals surface area contributed by atoms with E-state index in [1.807, 2.05) is 13.0 Å². The summed E-state index contributed by atoms with van der Waals surface area (Å²) in [5, 5.41) is 3.26. The normalized spacial score (nSPS) is 15.5. The van der Waals surface area contributed by atoms with Gasteiger partial charge in [0, 0.05) is 25.7 Å². The molecular weight excluding hydrogens is 280 g/mol. The molecule has 0 fully saturated rings. The van der Waals surface area contributed by atoms with Crippen LogP contribution in [0.4, 0.5) is 5.82 Å². The SMILES string of the molecule is CCOC(=O)c1cc2c(nc1NCCCOC)C(C)(C)CC2. The van der Waals surface area contributed by atoms with Gasteiger partial charge in [0.15, 0.2) is 0 Å². The number of aryl methyl sites for hydroxylation is 1. The molecule has 5 heteroatoms. The highest BCUT2D eigenvalue weighted by Crippen LogP contribution is 2.38. The molecule has 122 valence electrons. The van der Waals surface area contributed by atoms with E-state index >= 15 is 0 Å². The van der Waals surface area contributed by atoms with Gasteiger partial charge in [-0.25, -0.2) is 9.78 Å². The highest BCUT2D eigenvalue weighted by atomic mass is 16.5. The number of aromatic nitrogens is 1. The molecule has 0 unspecified atom stereocenters. The summed E-state index contributed by atoms with van der Waals surface area (Å²) in [5.41, 5.74) is 2.85. The lowest BCUT2D eigenvalue weighted by Crippen LogP contribution is -2.18. The maximum atomic E-state index is 12.2. The maximum Gasteiger partial charge on any atom is 0.341 e. The van der Waals surface area contributed by atoms with Gasteiger partial charge in [0.1, 0.15) is 11.4 Å². The first kappa shape index (κ1) is 16.7. The number of pyridine rings is 1. The number of rotatable bonds is 7. The maximum absolute atomic E-state index is 12.2. The number of carbonyl (C=O) groups excluding carboxylic acids is 1. The van der Waals surface area contributed by atoms with Crippen molar-refractivity contribution >= 4 is 11.8 Å². The summed E-state index contributed by atoms with van der Waals surface area (Å²) in [6.45, 7) is 7.97. The van der Waals surface area contributed by atoms with Crippen molar-refractivity contribution < 1.29 is 14.3 Å². The summed E-state index contributed by atoms with van der Waals surface area (Å²) in [6.07, 6.45) is 2.89. The molecule has 22 heavy (non-hydrogen) atoms. The number of nitrogens with zero attached hydrogens (tertiary/aromatic N) is 1. The van der Waals surface area contributed by atoms with Crippen LogP contribution in [0.25, 0.3) is 0 Å². The zero-order valence-electron chi connectivity index (χ0n) is 14.0. The van der Waals surface area contributed by atoms with Gasteiger partial charge in [-0.3, -0.25) is 0 Å². The second-order valence-electron chi connectivity index (χ2n) is 6.27. The Morgan fingerprint density at radius 3 is 2.91 bits per heavy atom. The fourth-order valence-corrected chi connectivity index (χ4v) is 2.82. The third kappa shape index (κ3) is 3.58. The number of carbonyl (C=O) groups is 1. The van der Waals surface area contributed by atoms with E-state index in [1.54, 1.807) is 7.11 Å². The molecule has 0 spiro atoms. The Morgan fingerprint density at radius 2 is 2.23 bits per heavy atom. The predicted molar refractivity (Wildman–Crippen MR) is 86.5 cm³/mol. The monoisotopic (exact) mass is 306 g/mol. The molecule has 2 rings (SSSR count). The lowest BCUT2D eigenvalue weighted by molar-refractivity contribution is 0.0527. The summed E-state index contributed by atoms with van der Waals surface area (Å²) >= 11 is 0. The smallest absolute Gasteiger partial charge is 0.341 e. The standard InChI is InChI=1S/C17H26N2O3/c1-5-22-16(20)13-11-12-7-8-17(2,3)14(12)19-15(13)18-9-6-10-21-4/h11H,5-10H2,1-4H3,(H,18,19). The van der Waals surface area contributed by atoms with Crippen LogP contribution in [-0.4, -0.2) is 37.8 Å². The van der Waals surface area contributed by atoms with Crippen LogP contribution in [0.15, 0.2) is 6.07 Å². The van der Waals surface area contributed by atoms with Crippen molar-refractivity contribution in [3.63, 3.8) is 0 Å². The molecule has 1 N–H and O–H groups in total. The Morgan fingerprint density at radius 1 is 1.45 bits per heavy atom. The molecule has 0 aromatic carbocycles. The van der Waals surface area contributed by atoms with Crippen LogP contribution < -0.4 is 5.32 Å². The fraction of sp³-hybridized carbons (Fsp3) is 0.647. The van der Waals surface area contributed by atoms with Crippen molar-refractivity contribution in [1.29, 1.82) is 0 Å². The van der Waals surface area contributed by atoms with Crippen LogP contribution in [0.2, 0.25) is 0 Å². The molecule has 0 aliphatic heterocycles. The molecule has 0 bridgehead atoms. The Hall–Kier alpha value is -1.62. The molecule has 0 radical (unpaired) electrons. The molecule has 0 saturated heterocycles. The molecule has 1 aliphatic carbocycles. The van der Waals surface area contributed by atoms with E-state index in [0.717, 1.165) is 30.5 Å². The number of hydrogen-bond donors (Lipinski definition) is 1. The quantitative estimate of drug-likeness (QED) is 0.620. The molecule has 0 saturated carbocycles. The number of methoxy groups -OCH3 is 1. The van der Waals surface area contributed by atoms with Gasteiger partial charge >= 0.3 is 5.97 Å². The molecule has 0 atom stereocenters. The second-order valence-corrected chi connectivity index (χ2v) is 6.27. The first-order chi connectivity index (χ1) is 10.5. The van der Waals surface area contributed by atoms with Gasteiger partial charge in [-0.1, -0.05) is 13.8 Å². The number of hydrogen-bond acceptors (Lipinski definition) is 5. The lowest BCUT2D eigenvalue weighted by Gasteiger charge is -2.20. The van der Waals surface area contributed by atoms with Gasteiger partial charge in [0.05, 0.1) is 12.3 Å². The van der Waals surface area contributed by atoms with Gasteiger partial charge in [-0.15, -0.1) is 0 Å². The highest BCUT2D eigenvalue weighted by molar-refractivity contribution is 5.95. The second kappa shape index (κ2) is 7.09. The van der Waals surface area contributed by atoms with Gasteiger partial charge in [-0.05, 0) is 37.8 Å². The number of nitrogens with one attached hydrogen (secondary N) is 1. The van der Waals surface area contributed by atoms with Crippen LogP contribution in [0.1, 0.15) is 55.2 Å². The Balaban J connectivity index is 2.28. The van der Waals surface area contributed by atoms with Crippen molar-refractivity contribution in [2.45, 2.75) is 45.4 Å². The summed E-state index contributed by atoms with van der Waals surface area (Å²) < 4.78 is 10.2. The van der Waals surface area contributed by atoms with Crippen molar-refractivity contribution in [3.05, 3.63) is 22.9 Å². The molecule has 0 amide bonds. The number of ether oxygens (including phenoxy) is 2. The topological polar surface area (TPSA) is 60.5 Å². The highest BCUT2D eigenvalue weighted by Gasteiger charge is 2.33. The average molecular weight is 306 g/mol. The van der Waals surface area contributed by atoms with E-state index in [1.165, 1.54) is 0 Å². The minimum absolute atomic E-state index is 0.0610. The third-order valence-electron chi connectivity index (χ3n) is 4.07. The van der Waals surface area contributed by atoms with Crippen LogP contribution in [0.5, 0.6) is 0 Å². The van der Waals surface area contributed by atoms with E-state index in [9.17, 15) is 4.79 Å². The van der Waals surface area contributed by atoms with E-state index in [0.29, 0.717) is 31.1 Å². The molecule has 1 aromatic heterocycles. The number of anilines is 1. The van der Waals surface area contributed by atoms with E-state index in [2.05, 4.69) is 19.2 Å². The van der Waals surface area contributed by atoms with Gasteiger partial charge < -0.3 is 14.8 Å². The van der Waals surface area contributed by atoms with Crippen molar-refractivity contribution in [2.75, 3.05) is 32.2 Å². The van der Waals surface area contributed by atoms with E-state index in [4.69, 9.17) is 14.5 Å². The minimum atomic E-state index is -0.309. The third-order valence-corrected chi connectivity index (χ3v) is 4.07. The van der Waals surface area contributed by atoms with Gasteiger partial charge in [0.25, 0.3) is 0 Å². The van der Waals surface area contributed by atoms with Crippen LogP contribution in [0.3, 0.4) is 0 Å². The number of fused-ring (bicyclic) bond motifs is 1. The molecular formula is C17H26N2O3. The van der Waals surface area contributed by atoms with Gasteiger partial charge in [0.2, 0.25) is 0 Å². The number of esters is 1. The summed E-state index contributed by atoms with van der Waals surface area (Å²) in [7, 11) is 1.68. The zero-order valence-corrected chi connectivity index (χ0v) is 14.0. The predicted octanol–water partition coefficient (Wildman–Crippen LogP) is 2.93. The largest absolute Gasteiger partial charge is 0.462 e. The summed E-state index contributed by atoms with van der Waals surface area (Å²) in [4.78, 5) is 16.9. The minimum Gasteiger partial charge on any atom is -0.462 e. The lowest BCUT2D eigenvalue weighted by atomic mass is 9.90. The van der Waals surface area contributed by atoms with Crippen molar-refractivity contribution in [3.8, 4) is 0 Å². The summed E-state index contributed by atoms with van der Waals surface area (Å²) in [5.74, 6) is 0.319. The van der Waals surface area contributed by atoms with Crippen LogP contribution in [0, 0.1) is 0 Å². The first-order valence-electron chi connectivity index (χ1n) is 7.94. The Bertz CT molecular complexity index is 541. The molecule has 5 nitrogen and oxygen atoms in total. The van der Waals surface area contributed by atoms with Gasteiger partial charge in [-0.2, -0.15) is 0 Å². The molecule has 1 heterocycles. The molecule has 1 aliphatic rings. The Kier molecular flexibility index (Phi) is 5.40. The fourth-order valence-electron chi connectivity index (χ4n) is 2.82. The Labute approximate surface area is 132 Å². The van der Waals surface area contributed by atoms with Crippen LogP contribution >= 0.6 is 0 Å². The first-order valence-corrected chi connectivity index (χ1v) is 7.94. The van der Waals surface area contributed by atoms with Crippen molar-refractivity contribution in [2.24, 2.45) is 0 Å². The zero-order chi connectivity index (χ0) is 16.2.